The molecule has 0 aromatic heterocycles. The zero-order valence-electron chi connectivity index (χ0n) is 8.88. The highest BCUT2D eigenvalue weighted by Crippen LogP contribution is 2.21. The van der Waals surface area contributed by atoms with Crippen molar-refractivity contribution in [3.63, 3.8) is 0 Å². The Morgan fingerprint density at radius 1 is 1.60 bits per heavy atom. The molecule has 0 fully saturated rings. The maximum absolute atomic E-state index is 11.2. The maximum Gasteiger partial charge on any atom is 0.239 e. The standard InChI is InChI=1S/C11H15ClN2O/c1-3-14-10(11(13)15)8-5-4-7(2)9(12)6-8/h4-6,10,14H,3H2,1-2H3,(H2,13,15). The van der Waals surface area contributed by atoms with E-state index < -0.39 is 11.9 Å². The summed E-state index contributed by atoms with van der Waals surface area (Å²) in [5.41, 5.74) is 7.09. The second-order valence-corrected chi connectivity index (χ2v) is 3.81. The van der Waals surface area contributed by atoms with Gasteiger partial charge in [-0.15, -0.1) is 0 Å². The number of nitrogens with two attached hydrogens (primary N) is 1. The van der Waals surface area contributed by atoms with Gasteiger partial charge in [-0.2, -0.15) is 0 Å². The van der Waals surface area contributed by atoms with Gasteiger partial charge < -0.3 is 11.1 Å². The summed E-state index contributed by atoms with van der Waals surface area (Å²) in [5.74, 6) is -0.392. The first-order valence-corrected chi connectivity index (χ1v) is 5.22. The van der Waals surface area contributed by atoms with Crippen LogP contribution in [-0.4, -0.2) is 12.5 Å². The fourth-order valence-corrected chi connectivity index (χ4v) is 1.56. The van der Waals surface area contributed by atoms with Crippen molar-refractivity contribution in [3.8, 4) is 0 Å². The van der Waals surface area contributed by atoms with Crippen LogP contribution in [0.15, 0.2) is 18.2 Å². The number of amides is 1. The van der Waals surface area contributed by atoms with Gasteiger partial charge in [0.25, 0.3) is 0 Å². The second kappa shape index (κ2) is 5.14. The van der Waals surface area contributed by atoms with Crippen LogP contribution in [0.1, 0.15) is 24.1 Å². The maximum atomic E-state index is 11.2. The van der Waals surface area contributed by atoms with Gasteiger partial charge in [-0.3, -0.25) is 4.79 Å². The Kier molecular flexibility index (Phi) is 4.12. The number of aryl methyl sites for hydroxylation is 1. The third kappa shape index (κ3) is 2.94. The van der Waals surface area contributed by atoms with E-state index in [1.54, 1.807) is 6.07 Å². The van der Waals surface area contributed by atoms with Gasteiger partial charge in [0, 0.05) is 5.02 Å². The van der Waals surface area contributed by atoms with E-state index in [1.165, 1.54) is 0 Å². The van der Waals surface area contributed by atoms with Gasteiger partial charge in [0.05, 0.1) is 0 Å². The molecule has 1 unspecified atom stereocenters. The zero-order chi connectivity index (χ0) is 11.4. The van der Waals surface area contributed by atoms with Gasteiger partial charge in [0.1, 0.15) is 6.04 Å². The number of benzene rings is 1. The molecule has 0 saturated carbocycles. The number of hydrogen-bond acceptors (Lipinski definition) is 2. The van der Waals surface area contributed by atoms with E-state index in [2.05, 4.69) is 5.32 Å². The van der Waals surface area contributed by atoms with E-state index in [4.69, 9.17) is 17.3 Å². The topological polar surface area (TPSA) is 55.1 Å². The molecule has 3 N–H and O–H groups in total. The summed E-state index contributed by atoms with van der Waals surface area (Å²) >= 11 is 5.98. The van der Waals surface area contributed by atoms with E-state index in [0.717, 1.165) is 11.1 Å². The molecule has 3 nitrogen and oxygen atoms in total. The van der Waals surface area contributed by atoms with Crippen molar-refractivity contribution in [2.45, 2.75) is 19.9 Å². The first-order valence-electron chi connectivity index (χ1n) is 4.85. The summed E-state index contributed by atoms with van der Waals surface area (Å²) in [6.45, 7) is 4.52. The Hall–Kier alpha value is -1.06. The molecule has 0 heterocycles. The minimum absolute atomic E-state index is 0.392. The quantitative estimate of drug-likeness (QED) is 0.823. The van der Waals surface area contributed by atoms with Crippen molar-refractivity contribution in [1.82, 2.24) is 5.32 Å². The Balaban J connectivity index is 3.01. The molecule has 0 aliphatic heterocycles. The number of rotatable bonds is 4. The zero-order valence-corrected chi connectivity index (χ0v) is 9.64. The van der Waals surface area contributed by atoms with Crippen LogP contribution in [0.4, 0.5) is 0 Å². The second-order valence-electron chi connectivity index (χ2n) is 3.40. The minimum Gasteiger partial charge on any atom is -0.368 e. The fourth-order valence-electron chi connectivity index (χ4n) is 1.38. The highest BCUT2D eigenvalue weighted by atomic mass is 35.5. The van der Waals surface area contributed by atoms with Crippen LogP contribution in [0.3, 0.4) is 0 Å². The lowest BCUT2D eigenvalue weighted by Gasteiger charge is -2.15. The molecular formula is C11H15ClN2O. The van der Waals surface area contributed by atoms with E-state index >= 15 is 0 Å². The van der Waals surface area contributed by atoms with E-state index in [-0.39, 0.29) is 0 Å². The first-order chi connectivity index (χ1) is 7.06. The van der Waals surface area contributed by atoms with E-state index in [1.807, 2.05) is 26.0 Å². The molecule has 1 atom stereocenters. The Morgan fingerprint density at radius 2 is 2.27 bits per heavy atom. The number of carbonyl (C=O) groups is 1. The van der Waals surface area contributed by atoms with Crippen LogP contribution in [0.25, 0.3) is 0 Å². The monoisotopic (exact) mass is 226 g/mol. The molecule has 15 heavy (non-hydrogen) atoms. The molecule has 1 aromatic carbocycles. The van der Waals surface area contributed by atoms with Crippen LogP contribution in [0.2, 0.25) is 5.02 Å². The number of likely N-dealkylation sites (N-methyl/N-ethyl adjacent to an activating group) is 1. The molecule has 1 aromatic rings. The summed E-state index contributed by atoms with van der Waals surface area (Å²) in [6, 6.07) is 5.05. The largest absolute Gasteiger partial charge is 0.368 e. The molecule has 0 aliphatic rings. The summed E-state index contributed by atoms with van der Waals surface area (Å²) in [4.78, 5) is 11.2. The smallest absolute Gasteiger partial charge is 0.239 e. The summed E-state index contributed by atoms with van der Waals surface area (Å²) in [7, 11) is 0. The van der Waals surface area contributed by atoms with Gasteiger partial charge in [-0.05, 0) is 30.7 Å². The Morgan fingerprint density at radius 3 is 2.73 bits per heavy atom. The average Bonchev–Trinajstić information content (AvgIpc) is 2.18. The Labute approximate surface area is 94.6 Å². The van der Waals surface area contributed by atoms with Gasteiger partial charge in [0.2, 0.25) is 5.91 Å². The van der Waals surface area contributed by atoms with Crippen LogP contribution in [0, 0.1) is 6.92 Å². The number of nitrogens with one attached hydrogen (secondary N) is 1. The first kappa shape index (κ1) is 12.0. The molecule has 82 valence electrons. The molecule has 1 rings (SSSR count). The van der Waals surface area contributed by atoms with Crippen molar-refractivity contribution in [3.05, 3.63) is 34.3 Å². The molecule has 0 saturated heterocycles. The lowest BCUT2D eigenvalue weighted by molar-refractivity contribution is -0.120. The number of carbonyl (C=O) groups excluding carboxylic acids is 1. The lowest BCUT2D eigenvalue weighted by atomic mass is 10.0. The molecule has 1 amide bonds. The molecule has 0 aliphatic carbocycles. The number of primary amides is 1. The molecule has 0 bridgehead atoms. The van der Waals surface area contributed by atoms with Gasteiger partial charge in [-0.1, -0.05) is 30.7 Å². The molecule has 4 heteroatoms. The fraction of sp³-hybridized carbons (Fsp3) is 0.364. The Bertz CT molecular complexity index is 366. The third-order valence-corrected chi connectivity index (χ3v) is 2.63. The minimum atomic E-state index is -0.465. The lowest BCUT2D eigenvalue weighted by Crippen LogP contribution is -2.33. The van der Waals surface area contributed by atoms with Crippen molar-refractivity contribution in [2.24, 2.45) is 5.73 Å². The molecule has 0 radical (unpaired) electrons. The van der Waals surface area contributed by atoms with Gasteiger partial charge in [-0.25, -0.2) is 0 Å². The van der Waals surface area contributed by atoms with Crippen LogP contribution in [0.5, 0.6) is 0 Å². The van der Waals surface area contributed by atoms with Gasteiger partial charge >= 0.3 is 0 Å². The van der Waals surface area contributed by atoms with Gasteiger partial charge in [0.15, 0.2) is 0 Å². The summed E-state index contributed by atoms with van der Waals surface area (Å²) < 4.78 is 0. The van der Waals surface area contributed by atoms with E-state index in [9.17, 15) is 4.79 Å². The third-order valence-electron chi connectivity index (χ3n) is 2.22. The predicted octanol–water partition coefficient (Wildman–Crippen LogP) is 1.78. The normalized spacial score (nSPS) is 12.5. The van der Waals surface area contributed by atoms with Crippen LogP contribution < -0.4 is 11.1 Å². The SMILES string of the molecule is CCNC(C(N)=O)c1ccc(C)c(Cl)c1. The summed E-state index contributed by atoms with van der Waals surface area (Å²) in [6.07, 6.45) is 0. The highest BCUT2D eigenvalue weighted by molar-refractivity contribution is 6.31. The van der Waals surface area contributed by atoms with Crippen molar-refractivity contribution >= 4 is 17.5 Å². The molecule has 0 spiro atoms. The molecular weight excluding hydrogens is 212 g/mol. The van der Waals surface area contributed by atoms with Crippen LogP contribution in [-0.2, 0) is 4.79 Å². The number of hydrogen-bond donors (Lipinski definition) is 2. The van der Waals surface area contributed by atoms with E-state index in [0.29, 0.717) is 11.6 Å². The van der Waals surface area contributed by atoms with Crippen molar-refractivity contribution in [2.75, 3.05) is 6.54 Å². The summed E-state index contributed by atoms with van der Waals surface area (Å²) in [5, 5.41) is 3.66. The average molecular weight is 227 g/mol. The van der Waals surface area contributed by atoms with Crippen molar-refractivity contribution in [1.29, 1.82) is 0 Å². The van der Waals surface area contributed by atoms with Crippen molar-refractivity contribution < 1.29 is 4.79 Å². The highest BCUT2D eigenvalue weighted by Gasteiger charge is 2.16. The van der Waals surface area contributed by atoms with Crippen LogP contribution >= 0.6 is 11.6 Å². The predicted molar refractivity (Wildman–Crippen MR) is 61.8 cm³/mol. The number of halogens is 1.